The summed E-state index contributed by atoms with van der Waals surface area (Å²) in [6.45, 7) is 2.13. The second-order valence-corrected chi connectivity index (χ2v) is 6.94. The Hall–Kier alpha value is -2.10. The summed E-state index contributed by atoms with van der Waals surface area (Å²) in [6, 6.07) is 19.3. The van der Waals surface area contributed by atoms with Crippen molar-refractivity contribution in [2.45, 2.75) is 19.4 Å². The third-order valence-corrected chi connectivity index (χ3v) is 5.08. The Morgan fingerprint density at radius 3 is 2.54 bits per heavy atom. The molecule has 3 aromatic rings. The normalized spacial score (nSPS) is 11.9. The number of nitrogens with one attached hydrogen (secondary N) is 1. The highest BCUT2D eigenvalue weighted by atomic mass is 35.5. The first-order chi connectivity index (χ1) is 11.7. The van der Waals surface area contributed by atoms with Gasteiger partial charge >= 0.3 is 0 Å². The minimum atomic E-state index is -0.164. The fourth-order valence-electron chi connectivity index (χ4n) is 2.56. The zero-order valence-electron chi connectivity index (χ0n) is 13.3. The Labute approximate surface area is 151 Å². The minimum absolute atomic E-state index is 0.129. The van der Waals surface area contributed by atoms with E-state index in [1.54, 1.807) is 35.6 Å². The third kappa shape index (κ3) is 3.86. The summed E-state index contributed by atoms with van der Waals surface area (Å²) in [5, 5.41) is 5.71. The van der Waals surface area contributed by atoms with Gasteiger partial charge in [-0.1, -0.05) is 54.9 Å². The molecular formula is C20H18ClNOS. The Kier molecular flexibility index (Phi) is 5.34. The zero-order valence-corrected chi connectivity index (χ0v) is 14.9. The maximum absolute atomic E-state index is 12.6. The molecule has 24 heavy (non-hydrogen) atoms. The fraction of sp³-hybridized carbons (Fsp3) is 0.150. The predicted molar refractivity (Wildman–Crippen MR) is 101 cm³/mol. The van der Waals surface area contributed by atoms with Gasteiger partial charge in [0, 0.05) is 15.5 Å². The van der Waals surface area contributed by atoms with Crippen LogP contribution in [0.3, 0.4) is 0 Å². The van der Waals surface area contributed by atoms with E-state index in [4.69, 9.17) is 11.6 Å². The number of amides is 1. The third-order valence-electron chi connectivity index (χ3n) is 3.91. The molecule has 0 bridgehead atoms. The van der Waals surface area contributed by atoms with Crippen LogP contribution in [-0.2, 0) is 6.42 Å². The molecule has 1 aromatic heterocycles. The minimum Gasteiger partial charge on any atom is -0.340 e. The topological polar surface area (TPSA) is 29.1 Å². The van der Waals surface area contributed by atoms with Crippen molar-refractivity contribution in [3.05, 3.63) is 92.6 Å². The van der Waals surface area contributed by atoms with E-state index in [-0.39, 0.29) is 11.9 Å². The molecule has 3 rings (SSSR count). The lowest BCUT2D eigenvalue weighted by molar-refractivity contribution is 0.0943. The molecule has 0 saturated carbocycles. The van der Waals surface area contributed by atoms with E-state index in [0.29, 0.717) is 10.6 Å². The quantitative estimate of drug-likeness (QED) is 0.644. The lowest BCUT2D eigenvalue weighted by Gasteiger charge is -2.18. The Morgan fingerprint density at radius 2 is 1.92 bits per heavy atom. The van der Waals surface area contributed by atoms with E-state index in [1.807, 2.05) is 17.5 Å². The standard InChI is InChI=1S/C20H18ClNOS/c1-2-14-8-10-15(11-9-14)19(18-7-4-12-24-18)22-20(23)16-5-3-6-17(21)13-16/h3-13,19H,2H2,1H3,(H,22,23)/t19-/m1/s1. The molecule has 0 spiro atoms. The molecule has 0 fully saturated rings. The van der Waals surface area contributed by atoms with Crippen LogP contribution in [0.2, 0.25) is 5.02 Å². The number of halogens is 1. The van der Waals surface area contributed by atoms with Gasteiger partial charge in [-0.3, -0.25) is 4.79 Å². The van der Waals surface area contributed by atoms with Crippen molar-refractivity contribution in [3.8, 4) is 0 Å². The van der Waals surface area contributed by atoms with Gasteiger partial charge < -0.3 is 5.32 Å². The summed E-state index contributed by atoms with van der Waals surface area (Å²) < 4.78 is 0. The van der Waals surface area contributed by atoms with Gasteiger partial charge in [0.15, 0.2) is 0 Å². The van der Waals surface area contributed by atoms with Gasteiger partial charge in [-0.05, 0) is 47.2 Å². The van der Waals surface area contributed by atoms with Crippen LogP contribution in [0.15, 0.2) is 66.0 Å². The van der Waals surface area contributed by atoms with Crippen LogP contribution in [0.5, 0.6) is 0 Å². The van der Waals surface area contributed by atoms with Crippen molar-refractivity contribution in [2.75, 3.05) is 0 Å². The van der Waals surface area contributed by atoms with Crippen LogP contribution < -0.4 is 5.32 Å². The van der Waals surface area contributed by atoms with Gasteiger partial charge in [-0.15, -0.1) is 11.3 Å². The van der Waals surface area contributed by atoms with E-state index in [2.05, 4.69) is 36.5 Å². The van der Waals surface area contributed by atoms with Gasteiger partial charge in [0.05, 0.1) is 6.04 Å². The highest BCUT2D eigenvalue weighted by Gasteiger charge is 2.19. The van der Waals surface area contributed by atoms with Crippen molar-refractivity contribution >= 4 is 28.8 Å². The van der Waals surface area contributed by atoms with Crippen molar-refractivity contribution in [1.82, 2.24) is 5.32 Å². The molecule has 0 aliphatic heterocycles. The number of hydrogen-bond donors (Lipinski definition) is 1. The molecule has 1 heterocycles. The molecule has 1 amide bonds. The Balaban J connectivity index is 1.89. The molecule has 2 aromatic carbocycles. The van der Waals surface area contributed by atoms with E-state index in [0.717, 1.165) is 16.9 Å². The average molecular weight is 356 g/mol. The lowest BCUT2D eigenvalue weighted by Crippen LogP contribution is -2.28. The maximum Gasteiger partial charge on any atom is 0.252 e. The first-order valence-electron chi connectivity index (χ1n) is 7.86. The Morgan fingerprint density at radius 1 is 1.12 bits per heavy atom. The predicted octanol–water partition coefficient (Wildman–Crippen LogP) is 5.48. The second-order valence-electron chi connectivity index (χ2n) is 5.53. The van der Waals surface area contributed by atoms with E-state index in [9.17, 15) is 4.79 Å². The van der Waals surface area contributed by atoms with Gasteiger partial charge in [-0.25, -0.2) is 0 Å². The molecule has 122 valence electrons. The number of hydrogen-bond acceptors (Lipinski definition) is 2. The fourth-order valence-corrected chi connectivity index (χ4v) is 3.56. The van der Waals surface area contributed by atoms with Gasteiger partial charge in [0.25, 0.3) is 5.91 Å². The molecule has 0 radical (unpaired) electrons. The van der Waals surface area contributed by atoms with Crippen molar-refractivity contribution in [3.63, 3.8) is 0 Å². The average Bonchev–Trinajstić information content (AvgIpc) is 3.14. The van der Waals surface area contributed by atoms with Crippen molar-refractivity contribution in [1.29, 1.82) is 0 Å². The van der Waals surface area contributed by atoms with Crippen LogP contribution in [-0.4, -0.2) is 5.91 Å². The number of thiophene rings is 1. The van der Waals surface area contributed by atoms with Gasteiger partial charge in [0.1, 0.15) is 0 Å². The molecule has 2 nitrogen and oxygen atoms in total. The van der Waals surface area contributed by atoms with Crippen LogP contribution in [0.4, 0.5) is 0 Å². The number of rotatable bonds is 5. The summed E-state index contributed by atoms with van der Waals surface area (Å²) in [4.78, 5) is 13.7. The SMILES string of the molecule is CCc1ccc([C@@H](NC(=O)c2cccc(Cl)c2)c2cccs2)cc1. The molecule has 4 heteroatoms. The summed E-state index contributed by atoms with van der Waals surface area (Å²) in [5.74, 6) is -0.129. The van der Waals surface area contributed by atoms with E-state index >= 15 is 0 Å². The molecule has 0 saturated heterocycles. The van der Waals surface area contributed by atoms with Gasteiger partial charge in [0.2, 0.25) is 0 Å². The van der Waals surface area contributed by atoms with Crippen LogP contribution >= 0.6 is 22.9 Å². The van der Waals surface area contributed by atoms with Gasteiger partial charge in [-0.2, -0.15) is 0 Å². The highest BCUT2D eigenvalue weighted by molar-refractivity contribution is 7.10. The van der Waals surface area contributed by atoms with E-state index < -0.39 is 0 Å². The molecule has 0 aliphatic rings. The molecule has 0 aliphatic carbocycles. The summed E-state index contributed by atoms with van der Waals surface area (Å²) >= 11 is 7.63. The second kappa shape index (κ2) is 7.65. The summed E-state index contributed by atoms with van der Waals surface area (Å²) in [5.41, 5.74) is 2.92. The maximum atomic E-state index is 12.6. The lowest BCUT2D eigenvalue weighted by atomic mass is 10.0. The number of carbonyl (C=O) groups excluding carboxylic acids is 1. The Bertz CT molecular complexity index is 812. The zero-order chi connectivity index (χ0) is 16.9. The highest BCUT2D eigenvalue weighted by Crippen LogP contribution is 2.27. The molecule has 1 N–H and O–H groups in total. The van der Waals surface area contributed by atoms with Crippen molar-refractivity contribution < 1.29 is 4.79 Å². The smallest absolute Gasteiger partial charge is 0.252 e. The first-order valence-corrected chi connectivity index (χ1v) is 9.12. The largest absolute Gasteiger partial charge is 0.340 e. The van der Waals surface area contributed by atoms with E-state index in [1.165, 1.54) is 5.56 Å². The first kappa shape index (κ1) is 16.7. The van der Waals surface area contributed by atoms with Crippen LogP contribution in [0, 0.1) is 0 Å². The summed E-state index contributed by atoms with van der Waals surface area (Å²) in [6.07, 6.45) is 0.999. The van der Waals surface area contributed by atoms with Crippen LogP contribution in [0.1, 0.15) is 39.3 Å². The molecule has 0 unspecified atom stereocenters. The summed E-state index contributed by atoms with van der Waals surface area (Å²) in [7, 11) is 0. The number of carbonyl (C=O) groups is 1. The molecular weight excluding hydrogens is 338 g/mol. The molecule has 1 atom stereocenters. The van der Waals surface area contributed by atoms with Crippen molar-refractivity contribution in [2.24, 2.45) is 0 Å². The van der Waals surface area contributed by atoms with Crippen LogP contribution in [0.25, 0.3) is 0 Å². The number of benzene rings is 2. The number of aryl methyl sites for hydroxylation is 1. The monoisotopic (exact) mass is 355 g/mol.